The lowest BCUT2D eigenvalue weighted by Crippen LogP contribution is -2.54. The molecule has 0 saturated heterocycles. The molecule has 3 aromatic rings. The van der Waals surface area contributed by atoms with Crippen LogP contribution in [0.1, 0.15) is 49.8 Å². The molecular formula is C26H24N4O3. The van der Waals surface area contributed by atoms with Crippen LogP contribution in [0.3, 0.4) is 0 Å². The van der Waals surface area contributed by atoms with Gasteiger partial charge in [0.15, 0.2) is 11.8 Å². The molecule has 33 heavy (non-hydrogen) atoms. The number of aromatic amines is 1. The Morgan fingerprint density at radius 2 is 1.94 bits per heavy atom. The predicted molar refractivity (Wildman–Crippen MR) is 123 cm³/mol. The van der Waals surface area contributed by atoms with Crippen molar-refractivity contribution in [2.24, 2.45) is 5.92 Å². The van der Waals surface area contributed by atoms with E-state index in [1.807, 2.05) is 26.0 Å². The van der Waals surface area contributed by atoms with Gasteiger partial charge in [-0.2, -0.15) is 10.5 Å². The molecule has 1 aromatic heterocycles. The summed E-state index contributed by atoms with van der Waals surface area (Å²) >= 11 is 0. The zero-order valence-electron chi connectivity index (χ0n) is 18.9. The molecule has 2 aliphatic heterocycles. The van der Waals surface area contributed by atoms with Gasteiger partial charge in [-0.1, -0.05) is 25.1 Å². The van der Waals surface area contributed by atoms with Crippen molar-refractivity contribution in [3.8, 4) is 23.8 Å². The maximum Gasteiger partial charge on any atom is 0.245 e. The lowest BCUT2D eigenvalue weighted by Gasteiger charge is -2.44. The SMILES string of the molecule is COc1cc2c3c(c1)C(c1c(O)[nH]c4ccccc14)(C(C#N)C#N)C(=O)N3C(C)(C)CC2C. The summed E-state index contributed by atoms with van der Waals surface area (Å²) in [4.78, 5) is 19.2. The van der Waals surface area contributed by atoms with Crippen molar-refractivity contribution < 1.29 is 14.6 Å². The van der Waals surface area contributed by atoms with E-state index in [0.29, 0.717) is 34.3 Å². The Balaban J connectivity index is 2.01. The highest BCUT2D eigenvalue weighted by molar-refractivity contribution is 6.15. The summed E-state index contributed by atoms with van der Waals surface area (Å²) in [6, 6.07) is 15.0. The molecule has 5 rings (SSSR count). The van der Waals surface area contributed by atoms with Gasteiger partial charge in [0.2, 0.25) is 5.91 Å². The molecule has 0 bridgehead atoms. The van der Waals surface area contributed by atoms with Crippen molar-refractivity contribution in [1.29, 1.82) is 10.5 Å². The minimum Gasteiger partial charge on any atom is -0.497 e. The molecule has 7 heteroatoms. The van der Waals surface area contributed by atoms with Crippen molar-refractivity contribution in [1.82, 2.24) is 4.98 Å². The molecule has 0 radical (unpaired) electrons. The number of nitrogens with zero attached hydrogens (tertiary/aromatic N) is 3. The molecule has 2 unspecified atom stereocenters. The summed E-state index contributed by atoms with van der Waals surface area (Å²) in [5.74, 6) is -1.30. The minimum absolute atomic E-state index is 0.128. The lowest BCUT2D eigenvalue weighted by atomic mass is 9.66. The van der Waals surface area contributed by atoms with Gasteiger partial charge in [0, 0.05) is 27.6 Å². The van der Waals surface area contributed by atoms with Crippen molar-refractivity contribution in [3.05, 3.63) is 53.1 Å². The number of H-pyrrole nitrogens is 1. The molecule has 7 nitrogen and oxygen atoms in total. The van der Waals surface area contributed by atoms with Crippen LogP contribution in [0.15, 0.2) is 36.4 Å². The van der Waals surface area contributed by atoms with Gasteiger partial charge in [-0.3, -0.25) is 4.79 Å². The van der Waals surface area contributed by atoms with Gasteiger partial charge in [0.05, 0.1) is 24.9 Å². The van der Waals surface area contributed by atoms with Gasteiger partial charge in [-0.05, 0) is 49.9 Å². The average molecular weight is 441 g/mol. The van der Waals surface area contributed by atoms with E-state index < -0.39 is 16.9 Å². The number of carbonyl (C=O) groups is 1. The molecule has 0 saturated carbocycles. The Hall–Kier alpha value is -3.97. The number of fused-ring (bicyclic) bond motifs is 1. The standard InChI is InChI=1S/C26H24N4O3/c1-14-11-25(2,3)30-22-18(14)9-16(33-4)10-19(22)26(24(30)32,15(12-27)13-28)21-17-7-5-6-8-20(17)29-23(21)31/h5-10,14-15,29,31H,11H2,1-4H3. The second-order valence-electron chi connectivity index (χ2n) is 9.56. The third kappa shape index (κ3) is 2.45. The molecule has 2 N–H and O–H groups in total. The zero-order chi connectivity index (χ0) is 23.7. The van der Waals surface area contributed by atoms with Gasteiger partial charge >= 0.3 is 0 Å². The maximum atomic E-state index is 14.5. The normalized spacial score (nSPS) is 22.8. The smallest absolute Gasteiger partial charge is 0.245 e. The number of carbonyl (C=O) groups excluding carboxylic acids is 1. The number of aromatic nitrogens is 1. The molecule has 3 heterocycles. The zero-order valence-corrected chi connectivity index (χ0v) is 18.9. The van der Waals surface area contributed by atoms with Crippen LogP contribution in [0.5, 0.6) is 11.6 Å². The molecular weight excluding hydrogens is 416 g/mol. The van der Waals surface area contributed by atoms with Gasteiger partial charge in [-0.15, -0.1) is 0 Å². The van der Waals surface area contributed by atoms with Crippen LogP contribution < -0.4 is 9.64 Å². The van der Waals surface area contributed by atoms with Crippen LogP contribution in [-0.2, 0) is 10.2 Å². The molecule has 1 amide bonds. The third-order valence-corrected chi connectivity index (χ3v) is 7.25. The molecule has 2 aliphatic rings. The van der Waals surface area contributed by atoms with Gasteiger partial charge in [-0.25, -0.2) is 0 Å². The Morgan fingerprint density at radius 3 is 2.61 bits per heavy atom. The molecule has 0 spiro atoms. The Bertz CT molecular complexity index is 1390. The van der Waals surface area contributed by atoms with Crippen LogP contribution in [-0.4, -0.2) is 28.6 Å². The van der Waals surface area contributed by atoms with Crippen molar-refractivity contribution in [2.45, 2.75) is 44.1 Å². The summed E-state index contributed by atoms with van der Waals surface area (Å²) in [6.07, 6.45) is 0.706. The number of hydrogen-bond acceptors (Lipinski definition) is 5. The first-order valence-electron chi connectivity index (χ1n) is 10.9. The minimum atomic E-state index is -1.72. The summed E-state index contributed by atoms with van der Waals surface area (Å²) in [5, 5.41) is 32.0. The fourth-order valence-electron chi connectivity index (χ4n) is 6.01. The van der Waals surface area contributed by atoms with Crippen molar-refractivity contribution in [3.63, 3.8) is 0 Å². The number of methoxy groups -OCH3 is 1. The number of hydrogen-bond donors (Lipinski definition) is 2. The van der Waals surface area contributed by atoms with Crippen LogP contribution in [0.4, 0.5) is 5.69 Å². The highest BCUT2D eigenvalue weighted by atomic mass is 16.5. The number of nitrogens with one attached hydrogen (secondary N) is 1. The Kier molecular flexibility index (Phi) is 4.28. The van der Waals surface area contributed by atoms with Gasteiger partial charge in [0.1, 0.15) is 11.2 Å². The molecule has 2 aromatic carbocycles. The van der Waals surface area contributed by atoms with Crippen LogP contribution in [0, 0.1) is 28.6 Å². The molecule has 166 valence electrons. The summed E-state index contributed by atoms with van der Waals surface area (Å²) in [6.45, 7) is 6.10. The fraction of sp³-hybridized carbons (Fsp3) is 0.346. The summed E-state index contributed by atoms with van der Waals surface area (Å²) in [5.41, 5.74) is 0.785. The van der Waals surface area contributed by atoms with E-state index in [0.717, 1.165) is 5.56 Å². The number of benzene rings is 2. The third-order valence-electron chi connectivity index (χ3n) is 7.25. The number of ether oxygens (including phenoxy) is 1. The van der Waals surface area contributed by atoms with E-state index in [1.165, 1.54) is 0 Å². The van der Waals surface area contributed by atoms with Crippen molar-refractivity contribution in [2.75, 3.05) is 12.0 Å². The fourth-order valence-corrected chi connectivity index (χ4v) is 6.01. The van der Waals surface area contributed by atoms with Crippen LogP contribution >= 0.6 is 0 Å². The topological polar surface area (TPSA) is 113 Å². The molecule has 2 atom stereocenters. The Labute approximate surface area is 191 Å². The average Bonchev–Trinajstić information content (AvgIpc) is 3.25. The first-order chi connectivity index (χ1) is 15.7. The monoisotopic (exact) mass is 440 g/mol. The van der Waals surface area contributed by atoms with Crippen molar-refractivity contribution >= 4 is 22.5 Å². The number of anilines is 1. The number of rotatable bonds is 3. The number of nitriles is 2. The van der Waals surface area contributed by atoms with Crippen LogP contribution in [0.2, 0.25) is 0 Å². The highest BCUT2D eigenvalue weighted by Crippen LogP contribution is 2.61. The lowest BCUT2D eigenvalue weighted by molar-refractivity contribution is -0.123. The van der Waals surface area contributed by atoms with E-state index >= 15 is 0 Å². The number of para-hydroxylation sites is 1. The van der Waals surface area contributed by atoms with Gasteiger partial charge in [0.25, 0.3) is 0 Å². The Morgan fingerprint density at radius 1 is 1.24 bits per heavy atom. The van der Waals surface area contributed by atoms with Crippen LogP contribution in [0.25, 0.3) is 10.9 Å². The van der Waals surface area contributed by atoms with E-state index in [9.17, 15) is 20.4 Å². The highest BCUT2D eigenvalue weighted by Gasteiger charge is 2.64. The summed E-state index contributed by atoms with van der Waals surface area (Å²) in [7, 11) is 1.55. The predicted octanol–water partition coefficient (Wildman–Crippen LogP) is 4.46. The summed E-state index contributed by atoms with van der Waals surface area (Å²) < 4.78 is 5.59. The van der Waals surface area contributed by atoms with Gasteiger partial charge < -0.3 is 19.7 Å². The van der Waals surface area contributed by atoms with E-state index in [2.05, 4.69) is 24.0 Å². The molecule has 0 aliphatic carbocycles. The van der Waals surface area contributed by atoms with E-state index in [-0.39, 0.29) is 23.3 Å². The quantitative estimate of drug-likeness (QED) is 0.624. The number of amides is 1. The number of aromatic hydroxyl groups is 1. The second-order valence-corrected chi connectivity index (χ2v) is 9.56. The maximum absolute atomic E-state index is 14.5. The van der Waals surface area contributed by atoms with E-state index in [4.69, 9.17) is 4.74 Å². The molecule has 0 fully saturated rings. The second kappa shape index (κ2) is 6.76. The largest absolute Gasteiger partial charge is 0.497 e. The van der Waals surface area contributed by atoms with E-state index in [1.54, 1.807) is 36.3 Å². The first-order valence-corrected chi connectivity index (χ1v) is 10.9. The first kappa shape index (κ1) is 20.9.